The van der Waals surface area contributed by atoms with Gasteiger partial charge in [-0.15, -0.1) is 11.3 Å². The maximum absolute atomic E-state index is 12.7. The maximum Gasteiger partial charge on any atom is 0.252 e. The Hall–Kier alpha value is -0.480. The van der Waals surface area contributed by atoms with Crippen LogP contribution in [-0.2, 0) is 5.54 Å². The molecule has 0 radical (unpaired) electrons. The summed E-state index contributed by atoms with van der Waals surface area (Å²) in [6.07, 6.45) is -0.417. The van der Waals surface area contributed by atoms with Gasteiger partial charge in [0, 0.05) is 22.6 Å². The average molecular weight is 203 g/mol. The molecule has 2 N–H and O–H groups in total. The standard InChI is InChI=1S/C9H11F2NS/c1-6-2-3-7(13-6)8(12)4-9(10,11)5-8/h2-3H,4-5,12H2,1H3. The molecular weight excluding hydrogens is 192 g/mol. The molecule has 1 aliphatic rings. The SMILES string of the molecule is Cc1ccc(C2(N)CC(F)(F)C2)s1. The monoisotopic (exact) mass is 203 g/mol. The van der Waals surface area contributed by atoms with E-state index in [0.717, 1.165) is 9.75 Å². The first-order valence-electron chi connectivity index (χ1n) is 4.15. The van der Waals surface area contributed by atoms with Crippen LogP contribution in [0.4, 0.5) is 8.78 Å². The second kappa shape index (κ2) is 2.51. The molecule has 1 fully saturated rings. The second-order valence-electron chi connectivity index (χ2n) is 3.78. The number of hydrogen-bond acceptors (Lipinski definition) is 2. The second-order valence-corrected chi connectivity index (χ2v) is 5.06. The van der Waals surface area contributed by atoms with Gasteiger partial charge in [0.25, 0.3) is 5.92 Å². The summed E-state index contributed by atoms with van der Waals surface area (Å²) in [7, 11) is 0. The Kier molecular flexibility index (Phi) is 1.76. The van der Waals surface area contributed by atoms with E-state index < -0.39 is 11.5 Å². The summed E-state index contributed by atoms with van der Waals surface area (Å²) in [5, 5.41) is 0. The Bertz CT molecular complexity index is 324. The molecule has 2 rings (SSSR count). The first-order valence-corrected chi connectivity index (χ1v) is 4.97. The highest BCUT2D eigenvalue weighted by Crippen LogP contribution is 2.51. The summed E-state index contributed by atoms with van der Waals surface area (Å²) in [6.45, 7) is 1.95. The van der Waals surface area contributed by atoms with E-state index >= 15 is 0 Å². The predicted molar refractivity (Wildman–Crippen MR) is 49.1 cm³/mol. The Morgan fingerprint density at radius 2 is 2.00 bits per heavy atom. The van der Waals surface area contributed by atoms with Crippen LogP contribution in [0, 0.1) is 6.92 Å². The number of nitrogens with two attached hydrogens (primary N) is 1. The largest absolute Gasteiger partial charge is 0.320 e. The topological polar surface area (TPSA) is 26.0 Å². The fourth-order valence-corrected chi connectivity index (χ4v) is 2.71. The van der Waals surface area contributed by atoms with Crippen LogP contribution in [0.2, 0.25) is 0 Å². The van der Waals surface area contributed by atoms with Crippen molar-refractivity contribution in [3.05, 3.63) is 21.9 Å². The molecular formula is C9H11F2NS. The van der Waals surface area contributed by atoms with Crippen molar-refractivity contribution in [1.29, 1.82) is 0 Å². The third kappa shape index (κ3) is 1.48. The van der Waals surface area contributed by atoms with Gasteiger partial charge < -0.3 is 5.73 Å². The fourth-order valence-electron chi connectivity index (χ4n) is 1.75. The number of alkyl halides is 2. The van der Waals surface area contributed by atoms with Gasteiger partial charge in [-0.05, 0) is 19.1 Å². The molecule has 1 nitrogen and oxygen atoms in total. The number of aryl methyl sites for hydroxylation is 1. The van der Waals surface area contributed by atoms with Gasteiger partial charge in [0.15, 0.2) is 0 Å². The lowest BCUT2D eigenvalue weighted by Gasteiger charge is -2.43. The van der Waals surface area contributed by atoms with E-state index in [9.17, 15) is 8.78 Å². The van der Waals surface area contributed by atoms with Crippen molar-refractivity contribution in [2.75, 3.05) is 0 Å². The van der Waals surface area contributed by atoms with Crippen LogP contribution in [0.3, 0.4) is 0 Å². The van der Waals surface area contributed by atoms with Gasteiger partial charge in [-0.1, -0.05) is 0 Å². The third-order valence-electron chi connectivity index (χ3n) is 2.38. The van der Waals surface area contributed by atoms with E-state index in [2.05, 4.69) is 0 Å². The smallest absolute Gasteiger partial charge is 0.252 e. The first kappa shape index (κ1) is 9.09. The van der Waals surface area contributed by atoms with Gasteiger partial charge in [0.2, 0.25) is 0 Å². The zero-order valence-electron chi connectivity index (χ0n) is 7.31. The Balaban J connectivity index is 2.20. The molecule has 13 heavy (non-hydrogen) atoms. The highest BCUT2D eigenvalue weighted by atomic mass is 32.1. The average Bonchev–Trinajstić information content (AvgIpc) is 2.31. The highest BCUT2D eigenvalue weighted by molar-refractivity contribution is 7.12. The molecule has 1 aliphatic carbocycles. The summed E-state index contributed by atoms with van der Waals surface area (Å²) in [6, 6.07) is 3.78. The van der Waals surface area contributed by atoms with Crippen LogP contribution in [0.25, 0.3) is 0 Å². The molecule has 1 saturated carbocycles. The van der Waals surface area contributed by atoms with E-state index in [1.807, 2.05) is 19.1 Å². The molecule has 0 amide bonds. The van der Waals surface area contributed by atoms with Crippen molar-refractivity contribution in [3.63, 3.8) is 0 Å². The van der Waals surface area contributed by atoms with Crippen LogP contribution in [0.1, 0.15) is 22.6 Å². The highest BCUT2D eigenvalue weighted by Gasteiger charge is 2.55. The lowest BCUT2D eigenvalue weighted by molar-refractivity contribution is -0.123. The molecule has 1 heterocycles. The number of rotatable bonds is 1. The van der Waals surface area contributed by atoms with Crippen LogP contribution in [-0.4, -0.2) is 5.92 Å². The lowest BCUT2D eigenvalue weighted by Crippen LogP contribution is -2.55. The van der Waals surface area contributed by atoms with E-state index in [4.69, 9.17) is 5.73 Å². The van der Waals surface area contributed by atoms with E-state index in [-0.39, 0.29) is 12.8 Å². The maximum atomic E-state index is 12.7. The van der Waals surface area contributed by atoms with Crippen LogP contribution < -0.4 is 5.73 Å². The molecule has 0 unspecified atom stereocenters. The molecule has 0 spiro atoms. The molecule has 0 bridgehead atoms. The minimum Gasteiger partial charge on any atom is -0.320 e. The summed E-state index contributed by atoms with van der Waals surface area (Å²) in [5.74, 6) is -2.55. The summed E-state index contributed by atoms with van der Waals surface area (Å²) < 4.78 is 25.3. The Labute approximate surface area is 79.6 Å². The van der Waals surface area contributed by atoms with Crippen molar-refractivity contribution < 1.29 is 8.78 Å². The fraction of sp³-hybridized carbons (Fsp3) is 0.556. The molecule has 4 heteroatoms. The number of halogens is 2. The van der Waals surface area contributed by atoms with Crippen LogP contribution >= 0.6 is 11.3 Å². The van der Waals surface area contributed by atoms with Gasteiger partial charge in [-0.3, -0.25) is 0 Å². The van der Waals surface area contributed by atoms with Gasteiger partial charge in [-0.2, -0.15) is 0 Å². The van der Waals surface area contributed by atoms with E-state index in [1.165, 1.54) is 11.3 Å². The van der Waals surface area contributed by atoms with E-state index in [0.29, 0.717) is 0 Å². The Morgan fingerprint density at radius 1 is 1.38 bits per heavy atom. The van der Waals surface area contributed by atoms with Crippen LogP contribution in [0.5, 0.6) is 0 Å². The molecule has 0 saturated heterocycles. The van der Waals surface area contributed by atoms with Gasteiger partial charge in [-0.25, -0.2) is 8.78 Å². The normalized spacial score (nSPS) is 24.0. The van der Waals surface area contributed by atoms with Gasteiger partial charge in [0.05, 0.1) is 5.54 Å². The van der Waals surface area contributed by atoms with Gasteiger partial charge in [0.1, 0.15) is 0 Å². The minimum atomic E-state index is -2.55. The minimum absolute atomic E-state index is 0.208. The summed E-state index contributed by atoms with van der Waals surface area (Å²) in [4.78, 5) is 2.01. The molecule has 0 atom stereocenters. The van der Waals surface area contributed by atoms with Crippen molar-refractivity contribution in [2.45, 2.75) is 31.2 Å². The predicted octanol–water partition coefficient (Wildman–Crippen LogP) is 2.64. The van der Waals surface area contributed by atoms with Crippen molar-refractivity contribution in [3.8, 4) is 0 Å². The molecule has 72 valence electrons. The Morgan fingerprint density at radius 3 is 2.38 bits per heavy atom. The molecule has 1 aromatic rings. The molecule has 0 aliphatic heterocycles. The summed E-state index contributed by atoms with van der Waals surface area (Å²) in [5.41, 5.74) is 5.08. The summed E-state index contributed by atoms with van der Waals surface area (Å²) >= 11 is 1.51. The zero-order valence-corrected chi connectivity index (χ0v) is 8.13. The van der Waals surface area contributed by atoms with Crippen molar-refractivity contribution in [1.82, 2.24) is 0 Å². The molecule has 1 aromatic heterocycles. The van der Waals surface area contributed by atoms with E-state index in [1.54, 1.807) is 0 Å². The number of hydrogen-bond donors (Lipinski definition) is 1. The first-order chi connectivity index (χ1) is 5.91. The quantitative estimate of drug-likeness (QED) is 0.746. The van der Waals surface area contributed by atoms with Crippen LogP contribution in [0.15, 0.2) is 12.1 Å². The third-order valence-corrected chi connectivity index (χ3v) is 3.60. The lowest BCUT2D eigenvalue weighted by atomic mass is 9.73. The molecule has 0 aromatic carbocycles. The zero-order chi connectivity index (χ0) is 9.69. The van der Waals surface area contributed by atoms with Gasteiger partial charge >= 0.3 is 0 Å². The van der Waals surface area contributed by atoms with Crippen molar-refractivity contribution >= 4 is 11.3 Å². The number of thiophene rings is 1. The van der Waals surface area contributed by atoms with Crippen molar-refractivity contribution in [2.24, 2.45) is 5.73 Å².